The van der Waals surface area contributed by atoms with Crippen molar-refractivity contribution in [1.29, 1.82) is 0 Å². The van der Waals surface area contributed by atoms with Crippen molar-refractivity contribution >= 4 is 27.7 Å². The van der Waals surface area contributed by atoms with Gasteiger partial charge in [0.1, 0.15) is 11.8 Å². The Kier molecular flexibility index (Phi) is 8.45. The number of carbonyl (C=O) groups is 2. The van der Waals surface area contributed by atoms with Crippen molar-refractivity contribution in [3.05, 3.63) is 100 Å². The van der Waals surface area contributed by atoms with Gasteiger partial charge in [0.05, 0.1) is 0 Å². The molecular weight excluding hydrogens is 468 g/mol. The zero-order chi connectivity index (χ0) is 22.9. The third-order valence-electron chi connectivity index (χ3n) is 5.17. The first-order valence-electron chi connectivity index (χ1n) is 10.4. The third-order valence-corrected chi connectivity index (χ3v) is 5.70. The molecule has 0 aliphatic heterocycles. The van der Waals surface area contributed by atoms with Gasteiger partial charge in [0.25, 0.3) is 5.91 Å². The molecule has 0 aromatic heterocycles. The van der Waals surface area contributed by atoms with E-state index in [1.54, 1.807) is 11.9 Å². The minimum absolute atomic E-state index is 0.151. The first-order valence-corrected chi connectivity index (χ1v) is 11.2. The summed E-state index contributed by atoms with van der Waals surface area (Å²) in [5, 5.41) is 2.71. The summed E-state index contributed by atoms with van der Waals surface area (Å²) in [6.07, 6.45) is 0.410. The van der Waals surface area contributed by atoms with Crippen LogP contribution in [0.2, 0.25) is 0 Å². The molecule has 0 fully saturated rings. The van der Waals surface area contributed by atoms with E-state index in [1.165, 1.54) is 0 Å². The van der Waals surface area contributed by atoms with Gasteiger partial charge in [0, 0.05) is 24.5 Å². The maximum Gasteiger partial charge on any atom is 0.261 e. The molecule has 166 valence electrons. The number of carbonyl (C=O) groups excluding carboxylic acids is 2. The van der Waals surface area contributed by atoms with Gasteiger partial charge in [0.2, 0.25) is 5.91 Å². The van der Waals surface area contributed by atoms with E-state index < -0.39 is 6.04 Å². The maximum absolute atomic E-state index is 13.3. The topological polar surface area (TPSA) is 58.6 Å². The van der Waals surface area contributed by atoms with Gasteiger partial charge in [0.15, 0.2) is 6.61 Å². The number of nitrogens with one attached hydrogen (secondary N) is 1. The molecule has 0 saturated carbocycles. The highest BCUT2D eigenvalue weighted by Gasteiger charge is 2.30. The van der Waals surface area contributed by atoms with E-state index >= 15 is 0 Å². The molecule has 6 heteroatoms. The molecule has 0 aliphatic carbocycles. The van der Waals surface area contributed by atoms with Crippen molar-refractivity contribution in [2.45, 2.75) is 25.9 Å². The summed E-state index contributed by atoms with van der Waals surface area (Å²) >= 11 is 3.44. The van der Waals surface area contributed by atoms with E-state index in [1.807, 2.05) is 85.8 Å². The SMILES string of the molecule is CNC(=O)C(Cc1ccccc1)N(Cc1ccc(Br)cc1)C(=O)COc1ccc(C)cc1. The number of aryl methyl sites for hydroxylation is 1. The number of halogens is 1. The molecule has 5 nitrogen and oxygen atoms in total. The molecular formula is C26H27BrN2O3. The summed E-state index contributed by atoms with van der Waals surface area (Å²) < 4.78 is 6.70. The van der Waals surface area contributed by atoms with E-state index in [9.17, 15) is 9.59 Å². The Morgan fingerprint density at radius 1 is 0.938 bits per heavy atom. The van der Waals surface area contributed by atoms with Crippen LogP contribution in [0.5, 0.6) is 5.75 Å². The van der Waals surface area contributed by atoms with Crippen LogP contribution >= 0.6 is 15.9 Å². The summed E-state index contributed by atoms with van der Waals surface area (Å²) in [5.41, 5.74) is 3.02. The molecule has 3 rings (SSSR count). The zero-order valence-electron chi connectivity index (χ0n) is 18.3. The van der Waals surface area contributed by atoms with Gasteiger partial charge in [-0.15, -0.1) is 0 Å². The monoisotopic (exact) mass is 494 g/mol. The molecule has 1 N–H and O–H groups in total. The van der Waals surface area contributed by atoms with Gasteiger partial charge in [-0.05, 0) is 42.3 Å². The van der Waals surface area contributed by atoms with Gasteiger partial charge in [-0.3, -0.25) is 9.59 Å². The smallest absolute Gasteiger partial charge is 0.261 e. The number of likely N-dealkylation sites (N-methyl/N-ethyl adjacent to an activating group) is 1. The van der Waals surface area contributed by atoms with Gasteiger partial charge < -0.3 is 15.0 Å². The summed E-state index contributed by atoms with van der Waals surface area (Å²) in [4.78, 5) is 27.8. The van der Waals surface area contributed by atoms with Gasteiger partial charge in [-0.1, -0.05) is 76.1 Å². The molecule has 3 aromatic rings. The first kappa shape index (κ1) is 23.5. The highest BCUT2D eigenvalue weighted by molar-refractivity contribution is 9.10. The van der Waals surface area contributed by atoms with Gasteiger partial charge in [-0.25, -0.2) is 0 Å². The lowest BCUT2D eigenvalue weighted by Gasteiger charge is -2.31. The van der Waals surface area contributed by atoms with Crippen LogP contribution in [-0.2, 0) is 22.6 Å². The van der Waals surface area contributed by atoms with Crippen LogP contribution in [0.15, 0.2) is 83.3 Å². The average molecular weight is 495 g/mol. The standard InChI is InChI=1S/C26H27BrN2O3/c1-19-8-14-23(15-9-19)32-18-25(30)29(17-21-10-12-22(27)13-11-21)24(26(31)28-2)16-20-6-4-3-5-7-20/h3-15,24H,16-18H2,1-2H3,(H,28,31). The fourth-order valence-corrected chi connectivity index (χ4v) is 3.63. The van der Waals surface area contributed by atoms with Crippen molar-refractivity contribution < 1.29 is 14.3 Å². The molecule has 3 aromatic carbocycles. The molecule has 1 unspecified atom stereocenters. The molecule has 0 heterocycles. The fraction of sp³-hybridized carbons (Fsp3) is 0.231. The number of benzene rings is 3. The van der Waals surface area contributed by atoms with E-state index in [4.69, 9.17) is 4.74 Å². The van der Waals surface area contributed by atoms with Crippen molar-refractivity contribution in [2.75, 3.05) is 13.7 Å². The number of amides is 2. The molecule has 0 radical (unpaired) electrons. The third kappa shape index (κ3) is 6.69. The van der Waals surface area contributed by atoms with Crippen LogP contribution in [-0.4, -0.2) is 36.4 Å². The van der Waals surface area contributed by atoms with E-state index in [-0.39, 0.29) is 18.4 Å². The molecule has 0 aliphatic rings. The minimum atomic E-state index is -0.667. The second-order valence-corrected chi connectivity index (χ2v) is 8.49. The van der Waals surface area contributed by atoms with Crippen molar-refractivity contribution in [3.8, 4) is 5.75 Å². The lowest BCUT2D eigenvalue weighted by molar-refractivity contribution is -0.142. The number of hydrogen-bond acceptors (Lipinski definition) is 3. The summed E-state index contributed by atoms with van der Waals surface area (Å²) in [5.74, 6) is 0.153. The lowest BCUT2D eigenvalue weighted by Crippen LogP contribution is -2.51. The van der Waals surface area contributed by atoms with Gasteiger partial charge in [-0.2, -0.15) is 0 Å². The fourth-order valence-electron chi connectivity index (χ4n) is 3.37. The molecule has 2 amide bonds. The van der Waals surface area contributed by atoms with E-state index in [2.05, 4.69) is 21.2 Å². The van der Waals surface area contributed by atoms with Crippen LogP contribution in [0.4, 0.5) is 0 Å². The second kappa shape index (κ2) is 11.5. The molecule has 0 bridgehead atoms. The number of ether oxygens (including phenoxy) is 1. The van der Waals surface area contributed by atoms with Crippen LogP contribution in [0.1, 0.15) is 16.7 Å². The van der Waals surface area contributed by atoms with E-state index in [0.29, 0.717) is 18.7 Å². The van der Waals surface area contributed by atoms with Crippen molar-refractivity contribution in [1.82, 2.24) is 10.2 Å². The second-order valence-electron chi connectivity index (χ2n) is 7.57. The first-order chi connectivity index (χ1) is 15.5. The Balaban J connectivity index is 1.85. The Bertz CT molecular complexity index is 1020. The van der Waals surface area contributed by atoms with E-state index in [0.717, 1.165) is 21.2 Å². The molecule has 0 spiro atoms. The number of nitrogens with zero attached hydrogens (tertiary/aromatic N) is 1. The molecule has 0 saturated heterocycles. The minimum Gasteiger partial charge on any atom is -0.484 e. The summed E-state index contributed by atoms with van der Waals surface area (Å²) in [6.45, 7) is 2.14. The quantitative estimate of drug-likeness (QED) is 0.475. The predicted molar refractivity (Wildman–Crippen MR) is 129 cm³/mol. The Labute approximate surface area is 197 Å². The summed E-state index contributed by atoms with van der Waals surface area (Å²) in [7, 11) is 1.59. The summed E-state index contributed by atoms with van der Waals surface area (Å²) in [6, 6.07) is 24.3. The zero-order valence-corrected chi connectivity index (χ0v) is 19.8. The Morgan fingerprint density at radius 3 is 2.22 bits per heavy atom. The van der Waals surface area contributed by atoms with Crippen molar-refractivity contribution in [2.24, 2.45) is 0 Å². The van der Waals surface area contributed by atoms with Crippen LogP contribution < -0.4 is 10.1 Å². The number of rotatable bonds is 9. The van der Waals surface area contributed by atoms with Crippen molar-refractivity contribution in [3.63, 3.8) is 0 Å². The van der Waals surface area contributed by atoms with Crippen LogP contribution in [0, 0.1) is 6.92 Å². The Morgan fingerprint density at radius 2 is 1.59 bits per heavy atom. The highest BCUT2D eigenvalue weighted by Crippen LogP contribution is 2.18. The average Bonchev–Trinajstić information content (AvgIpc) is 2.82. The molecule has 32 heavy (non-hydrogen) atoms. The van der Waals surface area contributed by atoms with Gasteiger partial charge >= 0.3 is 0 Å². The highest BCUT2D eigenvalue weighted by atomic mass is 79.9. The van der Waals surface area contributed by atoms with Crippen LogP contribution in [0.3, 0.4) is 0 Å². The maximum atomic E-state index is 13.3. The largest absolute Gasteiger partial charge is 0.484 e. The number of hydrogen-bond donors (Lipinski definition) is 1. The lowest BCUT2D eigenvalue weighted by atomic mass is 10.0. The van der Waals surface area contributed by atoms with Crippen LogP contribution in [0.25, 0.3) is 0 Å². The Hall–Kier alpha value is -3.12. The molecule has 1 atom stereocenters. The predicted octanol–water partition coefficient (Wildman–Crippen LogP) is 4.52. The normalized spacial score (nSPS) is 11.5.